The molecule has 3 N–H and O–H groups in total. The lowest BCUT2D eigenvalue weighted by Gasteiger charge is -2.45. The lowest BCUT2D eigenvalue weighted by atomic mass is 9.80. The number of aromatic nitrogens is 1. The van der Waals surface area contributed by atoms with Gasteiger partial charge in [-0.1, -0.05) is 25.7 Å². The Labute approximate surface area is 120 Å². The van der Waals surface area contributed by atoms with Gasteiger partial charge in [0.2, 0.25) is 0 Å². The van der Waals surface area contributed by atoms with E-state index in [1.807, 2.05) is 11.7 Å². The highest BCUT2D eigenvalue weighted by Crippen LogP contribution is 2.35. The Morgan fingerprint density at radius 3 is 2.53 bits per heavy atom. The van der Waals surface area contributed by atoms with Gasteiger partial charge in [0.15, 0.2) is 0 Å². The van der Waals surface area contributed by atoms with E-state index in [1.54, 1.807) is 11.3 Å². The van der Waals surface area contributed by atoms with Crippen LogP contribution in [0, 0.1) is 0 Å². The molecule has 0 bridgehead atoms. The van der Waals surface area contributed by atoms with E-state index in [4.69, 9.17) is 5.84 Å². The topological polar surface area (TPSA) is 54.2 Å². The van der Waals surface area contributed by atoms with E-state index < -0.39 is 0 Å². The molecule has 1 heterocycles. The van der Waals surface area contributed by atoms with Gasteiger partial charge in [-0.25, -0.2) is 0 Å². The quantitative estimate of drug-likeness (QED) is 0.494. The summed E-state index contributed by atoms with van der Waals surface area (Å²) in [7, 11) is 4.39. The number of nitrogens with two attached hydrogens (primary N) is 1. The first-order chi connectivity index (χ1) is 9.19. The van der Waals surface area contributed by atoms with Gasteiger partial charge in [0, 0.05) is 29.1 Å². The molecule has 1 aromatic heterocycles. The normalized spacial score (nSPS) is 21.3. The minimum absolute atomic E-state index is 0.176. The summed E-state index contributed by atoms with van der Waals surface area (Å²) in [5, 5.41) is 0. The van der Waals surface area contributed by atoms with Crippen molar-refractivity contribution in [1.29, 1.82) is 0 Å². The molecule has 19 heavy (non-hydrogen) atoms. The fourth-order valence-corrected chi connectivity index (χ4v) is 4.04. The van der Waals surface area contributed by atoms with E-state index in [2.05, 4.69) is 29.4 Å². The predicted molar refractivity (Wildman–Crippen MR) is 81.0 cm³/mol. The number of hydrogen-bond acceptors (Lipinski definition) is 5. The van der Waals surface area contributed by atoms with Crippen LogP contribution >= 0.6 is 11.3 Å². The van der Waals surface area contributed by atoms with Crippen molar-refractivity contribution < 1.29 is 0 Å². The summed E-state index contributed by atoms with van der Waals surface area (Å²) in [4.78, 5) is 7.88. The molecule has 1 aliphatic rings. The van der Waals surface area contributed by atoms with Crippen molar-refractivity contribution in [3.8, 4) is 0 Å². The lowest BCUT2D eigenvalue weighted by Crippen LogP contribution is -2.61. The van der Waals surface area contributed by atoms with Gasteiger partial charge in [-0.3, -0.25) is 16.3 Å². The van der Waals surface area contributed by atoms with Crippen molar-refractivity contribution >= 4 is 11.3 Å². The zero-order valence-corrected chi connectivity index (χ0v) is 12.9. The molecule has 0 spiro atoms. The van der Waals surface area contributed by atoms with Gasteiger partial charge >= 0.3 is 0 Å². The molecule has 0 saturated heterocycles. The van der Waals surface area contributed by atoms with Crippen molar-refractivity contribution in [2.75, 3.05) is 14.1 Å². The van der Waals surface area contributed by atoms with Crippen LogP contribution in [0.4, 0.5) is 0 Å². The van der Waals surface area contributed by atoms with E-state index in [-0.39, 0.29) is 5.54 Å². The van der Waals surface area contributed by atoms with Crippen molar-refractivity contribution in [1.82, 2.24) is 15.3 Å². The largest absolute Gasteiger partial charge is 0.302 e. The summed E-state index contributed by atoms with van der Waals surface area (Å²) in [6.45, 7) is 0. The van der Waals surface area contributed by atoms with Crippen molar-refractivity contribution in [3.63, 3.8) is 0 Å². The maximum Gasteiger partial charge on any atom is 0.0794 e. The Morgan fingerprint density at radius 2 is 2.05 bits per heavy atom. The number of rotatable bonds is 5. The molecule has 0 aromatic carbocycles. The van der Waals surface area contributed by atoms with Gasteiger partial charge in [-0.05, 0) is 26.9 Å². The third-order valence-electron chi connectivity index (χ3n) is 4.60. The standard InChI is InChI=1S/C14H26N4S/c1-18(2)14(7-5-3-4-6-8-14)13(17-15)9-12-10-16-11-19-12/h10-11,13,17H,3-9,15H2,1-2H3. The molecule has 0 amide bonds. The van der Waals surface area contributed by atoms with Crippen LogP contribution < -0.4 is 11.3 Å². The molecule has 0 radical (unpaired) electrons. The summed E-state index contributed by atoms with van der Waals surface area (Å²) >= 11 is 1.72. The number of nitrogens with zero attached hydrogens (tertiary/aromatic N) is 2. The van der Waals surface area contributed by atoms with Crippen LogP contribution in [-0.4, -0.2) is 35.6 Å². The third kappa shape index (κ3) is 3.34. The number of nitrogens with one attached hydrogen (secondary N) is 1. The van der Waals surface area contributed by atoms with E-state index in [0.717, 1.165) is 6.42 Å². The molecule has 4 nitrogen and oxygen atoms in total. The second kappa shape index (κ2) is 6.79. The van der Waals surface area contributed by atoms with Crippen LogP contribution in [0.2, 0.25) is 0 Å². The van der Waals surface area contributed by atoms with Crippen molar-refractivity contribution in [3.05, 3.63) is 16.6 Å². The number of likely N-dealkylation sites (N-methyl/N-ethyl adjacent to an activating group) is 1. The van der Waals surface area contributed by atoms with E-state index in [9.17, 15) is 0 Å². The monoisotopic (exact) mass is 282 g/mol. The molecule has 1 aromatic rings. The number of hydrogen-bond donors (Lipinski definition) is 2. The third-order valence-corrected chi connectivity index (χ3v) is 5.40. The molecule has 2 rings (SSSR count). The molecule has 1 atom stereocenters. The SMILES string of the molecule is CN(C)C1(C(Cc2cncs2)NN)CCCCCC1. The van der Waals surface area contributed by atoms with E-state index in [0.29, 0.717) is 6.04 Å². The molecule has 0 aliphatic heterocycles. The van der Waals surface area contributed by atoms with Gasteiger partial charge in [-0.2, -0.15) is 0 Å². The second-order valence-electron chi connectivity index (χ2n) is 5.80. The Balaban J connectivity index is 2.18. The van der Waals surface area contributed by atoms with Gasteiger partial charge in [0.05, 0.1) is 5.51 Å². The van der Waals surface area contributed by atoms with Crippen LogP contribution in [0.15, 0.2) is 11.7 Å². The maximum atomic E-state index is 5.90. The lowest BCUT2D eigenvalue weighted by molar-refractivity contribution is 0.0805. The summed E-state index contributed by atoms with van der Waals surface area (Å²) in [6, 6.07) is 0.293. The number of thiazole rings is 1. The summed E-state index contributed by atoms with van der Waals surface area (Å²) < 4.78 is 0. The van der Waals surface area contributed by atoms with Crippen LogP contribution in [0.25, 0.3) is 0 Å². The minimum Gasteiger partial charge on any atom is -0.302 e. The van der Waals surface area contributed by atoms with Crippen LogP contribution in [0.5, 0.6) is 0 Å². The fourth-order valence-electron chi connectivity index (χ4n) is 3.40. The van der Waals surface area contributed by atoms with Gasteiger partial charge in [0.25, 0.3) is 0 Å². The fraction of sp³-hybridized carbons (Fsp3) is 0.786. The summed E-state index contributed by atoms with van der Waals surface area (Å²) in [5.41, 5.74) is 5.17. The zero-order valence-electron chi connectivity index (χ0n) is 12.1. The Bertz CT molecular complexity index is 356. The Hall–Kier alpha value is -0.490. The first-order valence-corrected chi connectivity index (χ1v) is 8.08. The van der Waals surface area contributed by atoms with Crippen molar-refractivity contribution in [2.45, 2.75) is 56.5 Å². The highest BCUT2D eigenvalue weighted by molar-refractivity contribution is 7.09. The van der Waals surface area contributed by atoms with E-state index >= 15 is 0 Å². The van der Waals surface area contributed by atoms with Crippen LogP contribution in [-0.2, 0) is 6.42 Å². The molecule has 5 heteroatoms. The van der Waals surface area contributed by atoms with Crippen molar-refractivity contribution in [2.24, 2.45) is 5.84 Å². The second-order valence-corrected chi connectivity index (χ2v) is 6.77. The minimum atomic E-state index is 0.176. The molecular weight excluding hydrogens is 256 g/mol. The summed E-state index contributed by atoms with van der Waals surface area (Å²) in [6.07, 6.45) is 10.7. The Morgan fingerprint density at radius 1 is 1.37 bits per heavy atom. The van der Waals surface area contributed by atoms with Gasteiger partial charge in [0.1, 0.15) is 0 Å². The smallest absolute Gasteiger partial charge is 0.0794 e. The predicted octanol–water partition coefficient (Wildman–Crippen LogP) is 2.17. The maximum absolute atomic E-state index is 5.90. The molecule has 108 valence electrons. The van der Waals surface area contributed by atoms with Gasteiger partial charge in [-0.15, -0.1) is 11.3 Å². The summed E-state index contributed by atoms with van der Waals surface area (Å²) in [5.74, 6) is 5.90. The highest BCUT2D eigenvalue weighted by atomic mass is 32.1. The first-order valence-electron chi connectivity index (χ1n) is 7.20. The first kappa shape index (κ1) is 14.9. The zero-order chi connectivity index (χ0) is 13.7. The number of hydrazine groups is 1. The average molecular weight is 282 g/mol. The molecule has 1 unspecified atom stereocenters. The van der Waals surface area contributed by atoms with Crippen LogP contribution in [0.3, 0.4) is 0 Å². The molecule has 1 fully saturated rings. The molecule has 1 saturated carbocycles. The molecular formula is C14H26N4S. The van der Waals surface area contributed by atoms with Crippen LogP contribution in [0.1, 0.15) is 43.4 Å². The molecule has 1 aliphatic carbocycles. The Kier molecular flexibility index (Phi) is 5.33. The highest BCUT2D eigenvalue weighted by Gasteiger charge is 2.40. The van der Waals surface area contributed by atoms with E-state index in [1.165, 1.54) is 43.4 Å². The van der Waals surface area contributed by atoms with Gasteiger partial charge < -0.3 is 4.90 Å². The average Bonchev–Trinajstić information content (AvgIpc) is 2.78.